The van der Waals surface area contributed by atoms with E-state index in [2.05, 4.69) is 48.3 Å². The topological polar surface area (TPSA) is 54.2 Å². The van der Waals surface area contributed by atoms with Crippen molar-refractivity contribution in [1.29, 1.82) is 0 Å². The lowest BCUT2D eigenvalue weighted by Gasteiger charge is -2.22. The predicted octanol–water partition coefficient (Wildman–Crippen LogP) is 2.37. The molecule has 2 rings (SSSR count). The molecule has 0 fully saturated rings. The van der Waals surface area contributed by atoms with Gasteiger partial charge in [-0.25, -0.2) is 9.97 Å². The highest BCUT2D eigenvalue weighted by Gasteiger charge is 2.14. The molecule has 0 radical (unpaired) electrons. The monoisotopic (exact) mass is 233 g/mol. The molecule has 2 N–H and O–H groups in total. The molecule has 5 nitrogen and oxygen atoms in total. The van der Waals surface area contributed by atoms with Gasteiger partial charge in [0.1, 0.15) is 5.82 Å². The summed E-state index contributed by atoms with van der Waals surface area (Å²) in [5, 5.41) is 6.59. The summed E-state index contributed by atoms with van der Waals surface area (Å²) >= 11 is 0. The molecule has 2 aromatic rings. The van der Waals surface area contributed by atoms with Crippen LogP contribution in [-0.4, -0.2) is 26.5 Å². The van der Waals surface area contributed by atoms with Crippen molar-refractivity contribution in [3.63, 3.8) is 0 Å². The molecular formula is C12H19N5. The number of anilines is 2. The Bertz CT molecular complexity index is 509. The van der Waals surface area contributed by atoms with Crippen molar-refractivity contribution < 1.29 is 0 Å². The third-order valence-corrected chi connectivity index (χ3v) is 2.23. The molecule has 0 amide bonds. The van der Waals surface area contributed by atoms with E-state index in [-0.39, 0.29) is 5.54 Å². The number of hydrogen-bond donors (Lipinski definition) is 2. The molecule has 0 aliphatic carbocycles. The zero-order valence-electron chi connectivity index (χ0n) is 10.8. The molecule has 17 heavy (non-hydrogen) atoms. The SMILES string of the molecule is CCNc1cn2ccnc2c(NC(C)(C)C)n1. The third-order valence-electron chi connectivity index (χ3n) is 2.23. The molecule has 0 atom stereocenters. The highest BCUT2D eigenvalue weighted by atomic mass is 15.2. The average molecular weight is 233 g/mol. The minimum Gasteiger partial charge on any atom is -0.369 e. The van der Waals surface area contributed by atoms with E-state index in [0.29, 0.717) is 0 Å². The lowest BCUT2D eigenvalue weighted by atomic mass is 10.1. The van der Waals surface area contributed by atoms with Crippen LogP contribution in [0.3, 0.4) is 0 Å². The summed E-state index contributed by atoms with van der Waals surface area (Å²) in [6.07, 6.45) is 5.64. The number of rotatable bonds is 3. The van der Waals surface area contributed by atoms with E-state index in [1.54, 1.807) is 6.20 Å². The Morgan fingerprint density at radius 2 is 2.12 bits per heavy atom. The fourth-order valence-electron chi connectivity index (χ4n) is 1.64. The van der Waals surface area contributed by atoms with Gasteiger partial charge in [-0.05, 0) is 27.7 Å². The second kappa shape index (κ2) is 4.24. The Kier molecular flexibility index (Phi) is 2.92. The summed E-state index contributed by atoms with van der Waals surface area (Å²) in [6, 6.07) is 0. The number of hydrogen-bond acceptors (Lipinski definition) is 4. The Balaban J connectivity index is 2.47. The lowest BCUT2D eigenvalue weighted by Crippen LogP contribution is -2.27. The maximum Gasteiger partial charge on any atom is 0.180 e. The average Bonchev–Trinajstić information content (AvgIpc) is 2.63. The summed E-state index contributed by atoms with van der Waals surface area (Å²) in [6.45, 7) is 9.22. The van der Waals surface area contributed by atoms with Crippen LogP contribution in [0.1, 0.15) is 27.7 Å². The van der Waals surface area contributed by atoms with E-state index < -0.39 is 0 Å². The first-order chi connectivity index (χ1) is 7.99. The van der Waals surface area contributed by atoms with E-state index in [1.807, 2.05) is 16.8 Å². The summed E-state index contributed by atoms with van der Waals surface area (Å²) < 4.78 is 1.97. The van der Waals surface area contributed by atoms with E-state index in [0.717, 1.165) is 23.8 Å². The van der Waals surface area contributed by atoms with Crippen molar-refractivity contribution in [2.75, 3.05) is 17.2 Å². The zero-order chi connectivity index (χ0) is 12.5. The van der Waals surface area contributed by atoms with Crippen LogP contribution in [0.5, 0.6) is 0 Å². The molecule has 0 aliphatic heterocycles. The van der Waals surface area contributed by atoms with E-state index in [9.17, 15) is 0 Å². The number of nitrogens with zero attached hydrogens (tertiary/aromatic N) is 3. The Morgan fingerprint density at radius 1 is 1.35 bits per heavy atom. The first-order valence-electron chi connectivity index (χ1n) is 5.85. The third kappa shape index (κ3) is 2.67. The zero-order valence-corrected chi connectivity index (χ0v) is 10.8. The molecule has 0 saturated heterocycles. The van der Waals surface area contributed by atoms with Crippen LogP contribution in [0.15, 0.2) is 18.6 Å². The molecule has 0 aromatic carbocycles. The standard InChI is InChI=1S/C12H19N5/c1-5-13-9-8-17-7-6-14-11(17)10(15-9)16-12(2,3)4/h6-8,13H,5H2,1-4H3,(H,15,16). The predicted molar refractivity (Wildman–Crippen MR) is 70.5 cm³/mol. The minimum atomic E-state index is -0.0374. The maximum absolute atomic E-state index is 4.54. The van der Waals surface area contributed by atoms with Crippen LogP contribution < -0.4 is 10.6 Å². The molecule has 5 heteroatoms. The number of imidazole rings is 1. The molecule has 2 heterocycles. The van der Waals surface area contributed by atoms with Gasteiger partial charge in [0.2, 0.25) is 0 Å². The van der Waals surface area contributed by atoms with Crippen LogP contribution in [0.2, 0.25) is 0 Å². The summed E-state index contributed by atoms with van der Waals surface area (Å²) in [7, 11) is 0. The Hall–Kier alpha value is -1.78. The number of nitrogens with one attached hydrogen (secondary N) is 2. The van der Waals surface area contributed by atoms with E-state index in [1.165, 1.54) is 0 Å². The molecular weight excluding hydrogens is 214 g/mol. The van der Waals surface area contributed by atoms with Crippen LogP contribution in [-0.2, 0) is 0 Å². The van der Waals surface area contributed by atoms with Crippen molar-refractivity contribution in [2.24, 2.45) is 0 Å². The van der Waals surface area contributed by atoms with Crippen LogP contribution in [0.25, 0.3) is 5.65 Å². The Morgan fingerprint density at radius 3 is 2.76 bits per heavy atom. The van der Waals surface area contributed by atoms with Gasteiger partial charge in [-0.2, -0.15) is 0 Å². The van der Waals surface area contributed by atoms with E-state index >= 15 is 0 Å². The molecule has 92 valence electrons. The van der Waals surface area contributed by atoms with Gasteiger partial charge in [0.25, 0.3) is 0 Å². The Labute approximate surface area is 101 Å². The molecule has 0 unspecified atom stereocenters. The van der Waals surface area contributed by atoms with Crippen LogP contribution in [0, 0.1) is 0 Å². The van der Waals surface area contributed by atoms with Crippen molar-refractivity contribution in [1.82, 2.24) is 14.4 Å². The van der Waals surface area contributed by atoms with Crippen molar-refractivity contribution in [3.05, 3.63) is 18.6 Å². The molecule has 2 aromatic heterocycles. The van der Waals surface area contributed by atoms with Gasteiger partial charge in [0, 0.05) is 24.5 Å². The second-order valence-electron chi connectivity index (χ2n) is 5.04. The van der Waals surface area contributed by atoms with Gasteiger partial charge < -0.3 is 15.0 Å². The highest BCUT2D eigenvalue weighted by molar-refractivity contribution is 5.66. The van der Waals surface area contributed by atoms with Crippen LogP contribution >= 0.6 is 0 Å². The lowest BCUT2D eigenvalue weighted by molar-refractivity contribution is 0.630. The quantitative estimate of drug-likeness (QED) is 0.854. The molecule has 0 saturated carbocycles. The fourth-order valence-corrected chi connectivity index (χ4v) is 1.64. The smallest absolute Gasteiger partial charge is 0.180 e. The number of aromatic nitrogens is 3. The maximum atomic E-state index is 4.54. The molecule has 0 aliphatic rings. The van der Waals surface area contributed by atoms with Crippen molar-refractivity contribution in [2.45, 2.75) is 33.2 Å². The summed E-state index contributed by atoms with van der Waals surface area (Å²) in [4.78, 5) is 8.86. The highest BCUT2D eigenvalue weighted by Crippen LogP contribution is 2.19. The van der Waals surface area contributed by atoms with Crippen molar-refractivity contribution in [3.8, 4) is 0 Å². The second-order valence-corrected chi connectivity index (χ2v) is 5.04. The normalized spacial score (nSPS) is 11.8. The van der Waals surface area contributed by atoms with Gasteiger partial charge in [0.05, 0.1) is 6.20 Å². The van der Waals surface area contributed by atoms with Gasteiger partial charge in [0.15, 0.2) is 11.5 Å². The van der Waals surface area contributed by atoms with Gasteiger partial charge in [-0.15, -0.1) is 0 Å². The fraction of sp³-hybridized carbons (Fsp3) is 0.500. The first-order valence-corrected chi connectivity index (χ1v) is 5.85. The number of fused-ring (bicyclic) bond motifs is 1. The van der Waals surface area contributed by atoms with E-state index in [4.69, 9.17) is 0 Å². The van der Waals surface area contributed by atoms with Gasteiger partial charge >= 0.3 is 0 Å². The van der Waals surface area contributed by atoms with Gasteiger partial charge in [-0.1, -0.05) is 0 Å². The van der Waals surface area contributed by atoms with Crippen molar-refractivity contribution >= 4 is 17.3 Å². The minimum absolute atomic E-state index is 0.0374. The van der Waals surface area contributed by atoms with Crippen LogP contribution in [0.4, 0.5) is 11.6 Å². The summed E-state index contributed by atoms with van der Waals surface area (Å²) in [5.74, 6) is 1.66. The largest absolute Gasteiger partial charge is 0.369 e. The molecule has 0 bridgehead atoms. The van der Waals surface area contributed by atoms with Gasteiger partial charge in [-0.3, -0.25) is 0 Å². The first kappa shape index (κ1) is 11.7. The summed E-state index contributed by atoms with van der Waals surface area (Å²) in [5.41, 5.74) is 0.811. The molecule has 0 spiro atoms.